The van der Waals surface area contributed by atoms with Crippen LogP contribution in [0.5, 0.6) is 0 Å². The summed E-state index contributed by atoms with van der Waals surface area (Å²) in [5.74, 6) is 1.02. The van der Waals surface area contributed by atoms with Crippen LogP contribution in [0.4, 0.5) is 0 Å². The summed E-state index contributed by atoms with van der Waals surface area (Å²) < 4.78 is 2.48. The first-order valence-electron chi connectivity index (χ1n) is 6.29. The Labute approximate surface area is 129 Å². The molecule has 0 amide bonds. The molecular formula is C13H12N6S2. The van der Waals surface area contributed by atoms with Crippen molar-refractivity contribution in [1.82, 2.24) is 19.8 Å². The van der Waals surface area contributed by atoms with Crippen LogP contribution in [0.25, 0.3) is 4.96 Å². The van der Waals surface area contributed by atoms with Crippen LogP contribution in [0.15, 0.2) is 34.7 Å². The van der Waals surface area contributed by atoms with E-state index in [1.165, 1.54) is 23.1 Å². The summed E-state index contributed by atoms with van der Waals surface area (Å²) in [6.07, 6.45) is 0.680. The molecule has 0 saturated carbocycles. The van der Waals surface area contributed by atoms with Crippen LogP contribution in [-0.4, -0.2) is 25.6 Å². The van der Waals surface area contributed by atoms with Gasteiger partial charge in [-0.1, -0.05) is 53.4 Å². The van der Waals surface area contributed by atoms with Gasteiger partial charge in [-0.05, 0) is 12.0 Å². The highest BCUT2D eigenvalue weighted by molar-refractivity contribution is 8.01. The lowest BCUT2D eigenvalue weighted by atomic mass is 10.1. The lowest BCUT2D eigenvalue weighted by molar-refractivity contribution is 0.635. The van der Waals surface area contributed by atoms with Gasteiger partial charge in [-0.2, -0.15) is 9.78 Å². The van der Waals surface area contributed by atoms with Crippen molar-refractivity contribution in [2.75, 3.05) is 5.75 Å². The first-order valence-corrected chi connectivity index (χ1v) is 8.09. The number of thioether (sulfide) groups is 1. The van der Waals surface area contributed by atoms with Crippen LogP contribution in [0.3, 0.4) is 0 Å². The largest absolute Gasteiger partial charge is 0.321 e. The van der Waals surface area contributed by atoms with Gasteiger partial charge in [0.05, 0.1) is 17.9 Å². The third kappa shape index (κ3) is 3.05. The second kappa shape index (κ2) is 6.22. The van der Waals surface area contributed by atoms with Crippen LogP contribution in [-0.2, 0) is 6.42 Å². The second-order valence-electron chi connectivity index (χ2n) is 4.36. The average molecular weight is 316 g/mol. The molecule has 0 fully saturated rings. The monoisotopic (exact) mass is 316 g/mol. The molecule has 21 heavy (non-hydrogen) atoms. The maximum atomic E-state index is 8.61. The quantitative estimate of drug-likeness (QED) is 0.724. The molecule has 106 valence electrons. The van der Waals surface area contributed by atoms with Gasteiger partial charge in [-0.3, -0.25) is 0 Å². The Morgan fingerprint density at radius 1 is 1.33 bits per heavy atom. The van der Waals surface area contributed by atoms with Crippen LogP contribution in [0, 0.1) is 11.3 Å². The summed E-state index contributed by atoms with van der Waals surface area (Å²) in [6.45, 7) is 0. The van der Waals surface area contributed by atoms with Crippen molar-refractivity contribution >= 4 is 28.1 Å². The van der Waals surface area contributed by atoms with Crippen LogP contribution >= 0.6 is 23.1 Å². The van der Waals surface area contributed by atoms with Gasteiger partial charge in [0.1, 0.15) is 0 Å². The second-order valence-corrected chi connectivity index (χ2v) is 6.54. The summed E-state index contributed by atoms with van der Waals surface area (Å²) in [5.41, 5.74) is 7.38. The Morgan fingerprint density at radius 2 is 2.14 bits per heavy atom. The number of nitrogens with two attached hydrogens (primary N) is 1. The lowest BCUT2D eigenvalue weighted by Gasteiger charge is -2.08. The molecular weight excluding hydrogens is 304 g/mol. The highest BCUT2D eigenvalue weighted by Crippen LogP contribution is 2.25. The Balaban J connectivity index is 1.82. The highest BCUT2D eigenvalue weighted by Gasteiger charge is 2.18. The number of fused-ring (bicyclic) bond motifs is 1. The molecule has 2 heterocycles. The predicted octanol–water partition coefficient (Wildman–Crippen LogP) is 2.04. The molecule has 2 aromatic heterocycles. The number of rotatable bonds is 5. The Hall–Kier alpha value is -1.95. The molecule has 0 aliphatic rings. The third-order valence-electron chi connectivity index (χ3n) is 2.89. The van der Waals surface area contributed by atoms with Gasteiger partial charge in [0.2, 0.25) is 4.96 Å². The molecule has 6 nitrogen and oxygen atoms in total. The van der Waals surface area contributed by atoms with Gasteiger partial charge in [0.25, 0.3) is 0 Å². The standard InChI is InChI=1S/C13H12N6S2/c14-6-7-20-13-18-19-11(16-17-12(19)21-13)10(15)8-9-4-2-1-3-5-9/h1-5,10H,7-8,15H2. The summed E-state index contributed by atoms with van der Waals surface area (Å²) in [6, 6.07) is 11.8. The SMILES string of the molecule is N#CCSc1nn2c(C(N)Cc3ccccc3)nnc2s1. The van der Waals surface area contributed by atoms with Gasteiger partial charge in [0, 0.05) is 0 Å². The van der Waals surface area contributed by atoms with E-state index in [0.29, 0.717) is 23.0 Å². The smallest absolute Gasteiger partial charge is 0.235 e. The molecule has 3 aromatic rings. The Kier molecular flexibility index (Phi) is 4.15. The molecule has 2 N–H and O–H groups in total. The maximum absolute atomic E-state index is 8.61. The first kappa shape index (κ1) is 14.0. The number of nitrogens with zero attached hydrogens (tertiary/aromatic N) is 5. The first-order chi connectivity index (χ1) is 10.3. The highest BCUT2D eigenvalue weighted by atomic mass is 32.2. The summed E-state index contributed by atoms with van der Waals surface area (Å²) in [7, 11) is 0. The normalized spacial score (nSPS) is 12.4. The number of hydrogen-bond donors (Lipinski definition) is 1. The fourth-order valence-corrected chi connectivity index (χ4v) is 3.50. The number of hydrogen-bond acceptors (Lipinski definition) is 7. The van der Waals surface area contributed by atoms with Gasteiger partial charge in [0.15, 0.2) is 10.2 Å². The molecule has 0 aliphatic heterocycles. The van der Waals surface area contributed by atoms with Crippen molar-refractivity contribution in [3.63, 3.8) is 0 Å². The van der Waals surface area contributed by atoms with E-state index in [9.17, 15) is 0 Å². The fraction of sp³-hybridized carbons (Fsp3) is 0.231. The van der Waals surface area contributed by atoms with Gasteiger partial charge < -0.3 is 5.73 Å². The van der Waals surface area contributed by atoms with Crippen molar-refractivity contribution in [2.24, 2.45) is 5.73 Å². The molecule has 0 radical (unpaired) electrons. The summed E-state index contributed by atoms with van der Waals surface area (Å²) in [4.78, 5) is 0.703. The van der Waals surface area contributed by atoms with Crippen molar-refractivity contribution in [3.8, 4) is 6.07 Å². The number of nitriles is 1. The van der Waals surface area contributed by atoms with E-state index in [-0.39, 0.29) is 6.04 Å². The fourth-order valence-electron chi connectivity index (χ4n) is 1.96. The van der Waals surface area contributed by atoms with Crippen molar-refractivity contribution in [2.45, 2.75) is 16.8 Å². The van der Waals surface area contributed by atoms with Crippen molar-refractivity contribution in [3.05, 3.63) is 41.7 Å². The number of aromatic nitrogens is 4. The van der Waals surface area contributed by atoms with Crippen LogP contribution < -0.4 is 5.73 Å². The van der Waals surface area contributed by atoms with E-state index >= 15 is 0 Å². The number of benzene rings is 1. The zero-order valence-electron chi connectivity index (χ0n) is 11.0. The van der Waals surface area contributed by atoms with Crippen molar-refractivity contribution < 1.29 is 0 Å². The lowest BCUT2D eigenvalue weighted by Crippen LogP contribution is -2.17. The van der Waals surface area contributed by atoms with Gasteiger partial charge >= 0.3 is 0 Å². The minimum Gasteiger partial charge on any atom is -0.321 e. The molecule has 1 unspecified atom stereocenters. The zero-order chi connectivity index (χ0) is 14.7. The third-order valence-corrected chi connectivity index (χ3v) is 4.79. The van der Waals surface area contributed by atoms with E-state index < -0.39 is 0 Å². The molecule has 1 atom stereocenters. The van der Waals surface area contributed by atoms with Crippen LogP contribution in [0.1, 0.15) is 17.4 Å². The predicted molar refractivity (Wildman–Crippen MR) is 82.1 cm³/mol. The molecule has 0 bridgehead atoms. The van der Waals surface area contributed by atoms with Gasteiger partial charge in [-0.15, -0.1) is 15.3 Å². The van der Waals surface area contributed by atoms with Gasteiger partial charge in [-0.25, -0.2) is 0 Å². The van der Waals surface area contributed by atoms with Crippen LogP contribution in [0.2, 0.25) is 0 Å². The summed E-state index contributed by atoms with van der Waals surface area (Å²) >= 11 is 2.81. The molecule has 8 heteroatoms. The average Bonchev–Trinajstić information content (AvgIpc) is 3.05. The zero-order valence-corrected chi connectivity index (χ0v) is 12.6. The molecule has 0 aliphatic carbocycles. The Morgan fingerprint density at radius 3 is 2.90 bits per heavy atom. The minimum absolute atomic E-state index is 0.265. The molecule has 0 spiro atoms. The van der Waals surface area contributed by atoms with Crippen molar-refractivity contribution in [1.29, 1.82) is 5.26 Å². The van der Waals surface area contributed by atoms with E-state index in [1.807, 2.05) is 30.3 Å². The van der Waals surface area contributed by atoms with E-state index in [2.05, 4.69) is 21.4 Å². The molecule has 3 rings (SSSR count). The maximum Gasteiger partial charge on any atom is 0.235 e. The van der Waals surface area contributed by atoms with E-state index in [1.54, 1.807) is 4.52 Å². The minimum atomic E-state index is -0.265. The molecule has 1 aromatic carbocycles. The Bertz CT molecular complexity index is 773. The molecule has 0 saturated heterocycles. The van der Waals surface area contributed by atoms with E-state index in [4.69, 9.17) is 11.0 Å². The summed E-state index contributed by atoms with van der Waals surface area (Å²) in [5, 5.41) is 21.3. The topological polar surface area (TPSA) is 92.9 Å². The van der Waals surface area contributed by atoms with E-state index in [0.717, 1.165) is 9.90 Å².